The van der Waals surface area contributed by atoms with E-state index in [2.05, 4.69) is 26.6 Å². The number of nitrogens with zero attached hydrogens (tertiary/aromatic N) is 2. The van der Waals surface area contributed by atoms with Gasteiger partial charge in [0.1, 0.15) is 19.4 Å². The van der Waals surface area contributed by atoms with Crippen LogP contribution in [-0.4, -0.2) is 57.8 Å². The second-order valence-electron chi connectivity index (χ2n) is 10.7. The number of amides is 2. The van der Waals surface area contributed by atoms with Gasteiger partial charge in [-0.1, -0.05) is 56.9 Å². The van der Waals surface area contributed by atoms with Crippen molar-refractivity contribution in [1.82, 2.24) is 4.90 Å². The van der Waals surface area contributed by atoms with Crippen molar-refractivity contribution in [2.75, 3.05) is 31.9 Å². The molecule has 0 saturated carbocycles. The summed E-state index contributed by atoms with van der Waals surface area (Å²) >= 11 is 0. The molecule has 0 bridgehead atoms. The average Bonchev–Trinajstić information content (AvgIpc) is 3.20. The molecular weight excluding hydrogens is 460 g/mol. The molecule has 0 unspecified atom stereocenters. The fourth-order valence-electron chi connectivity index (χ4n) is 4.58. The predicted molar refractivity (Wildman–Crippen MR) is 139 cm³/mol. The molecule has 1 fully saturated rings. The lowest BCUT2D eigenvalue weighted by molar-refractivity contribution is -0.123. The molecular formula is C27H36N2O5Si. The minimum Gasteiger partial charge on any atom is -0.493 e. The van der Waals surface area contributed by atoms with E-state index < -0.39 is 14.1 Å². The van der Waals surface area contributed by atoms with Gasteiger partial charge in [-0.25, -0.2) is 0 Å². The Labute approximate surface area is 209 Å². The van der Waals surface area contributed by atoms with Crippen LogP contribution < -0.4 is 14.4 Å². The molecule has 0 aromatic heterocycles. The second-order valence-corrected chi connectivity index (χ2v) is 16.3. The van der Waals surface area contributed by atoms with Crippen molar-refractivity contribution in [2.24, 2.45) is 5.92 Å². The Morgan fingerprint density at radius 2 is 1.80 bits per heavy atom. The van der Waals surface area contributed by atoms with Gasteiger partial charge in [0.2, 0.25) is 0 Å². The Bertz CT molecular complexity index is 1070. The minimum absolute atomic E-state index is 0.103. The van der Waals surface area contributed by atoms with E-state index in [0.717, 1.165) is 11.6 Å². The van der Waals surface area contributed by atoms with E-state index >= 15 is 0 Å². The number of benzene rings is 2. The van der Waals surface area contributed by atoms with E-state index in [1.54, 1.807) is 29.0 Å². The van der Waals surface area contributed by atoms with E-state index in [9.17, 15) is 9.59 Å². The van der Waals surface area contributed by atoms with Gasteiger partial charge in [-0.2, -0.15) is 0 Å². The van der Waals surface area contributed by atoms with Crippen molar-refractivity contribution in [1.29, 1.82) is 0 Å². The summed E-state index contributed by atoms with van der Waals surface area (Å²) in [6, 6.07) is 13.8. The lowest BCUT2D eigenvalue weighted by Crippen LogP contribution is -2.45. The maximum atomic E-state index is 13.7. The Morgan fingerprint density at radius 1 is 1.06 bits per heavy atom. The molecule has 0 spiro atoms. The fraction of sp³-hybridized carbons (Fsp3) is 0.481. The van der Waals surface area contributed by atoms with E-state index in [1.807, 2.05) is 30.3 Å². The van der Waals surface area contributed by atoms with Crippen LogP contribution in [0, 0.1) is 5.92 Å². The van der Waals surface area contributed by atoms with Crippen LogP contribution in [0.25, 0.3) is 0 Å². The van der Waals surface area contributed by atoms with Crippen LogP contribution in [0.3, 0.4) is 0 Å². The molecule has 0 N–H and O–H groups in total. The molecule has 0 aliphatic carbocycles. The molecule has 2 aromatic rings. The van der Waals surface area contributed by atoms with Gasteiger partial charge in [0, 0.05) is 27.3 Å². The zero-order chi connectivity index (χ0) is 25.2. The number of methoxy groups -OCH3 is 1. The number of rotatable bonds is 9. The largest absolute Gasteiger partial charge is 0.493 e. The first-order chi connectivity index (χ1) is 16.7. The van der Waals surface area contributed by atoms with Crippen LogP contribution in [0.1, 0.15) is 29.3 Å². The molecule has 2 aliphatic heterocycles. The van der Waals surface area contributed by atoms with Gasteiger partial charge in [0.05, 0.1) is 18.4 Å². The van der Waals surface area contributed by atoms with Gasteiger partial charge in [0.25, 0.3) is 11.8 Å². The van der Waals surface area contributed by atoms with Crippen molar-refractivity contribution in [3.8, 4) is 11.5 Å². The average molecular weight is 497 g/mol. The normalized spacial score (nSPS) is 19.9. The molecule has 2 atom stereocenters. The summed E-state index contributed by atoms with van der Waals surface area (Å²) in [4.78, 5) is 30.6. The van der Waals surface area contributed by atoms with Gasteiger partial charge in [-0.15, -0.1) is 0 Å². The molecule has 7 nitrogen and oxygen atoms in total. The van der Waals surface area contributed by atoms with Gasteiger partial charge in [-0.05, 0) is 30.0 Å². The number of hydrogen-bond acceptors (Lipinski definition) is 5. The zero-order valence-corrected chi connectivity index (χ0v) is 22.4. The third-order valence-electron chi connectivity index (χ3n) is 6.58. The highest BCUT2D eigenvalue weighted by atomic mass is 28.3. The van der Waals surface area contributed by atoms with E-state index in [4.69, 9.17) is 14.2 Å². The molecule has 35 heavy (non-hydrogen) atoms. The molecule has 2 amide bonds. The maximum absolute atomic E-state index is 13.7. The summed E-state index contributed by atoms with van der Waals surface area (Å²) in [5.74, 6) is 0.956. The summed E-state index contributed by atoms with van der Waals surface area (Å²) in [7, 11) is 0.281. The lowest BCUT2D eigenvalue weighted by atomic mass is 10.1. The molecule has 188 valence electrons. The molecule has 2 heterocycles. The van der Waals surface area contributed by atoms with Crippen LogP contribution in [-0.2, 0) is 16.1 Å². The fourth-order valence-corrected chi connectivity index (χ4v) is 5.33. The van der Waals surface area contributed by atoms with Crippen molar-refractivity contribution in [3.05, 3.63) is 53.6 Å². The number of anilines is 1. The van der Waals surface area contributed by atoms with Crippen LogP contribution in [0.2, 0.25) is 25.7 Å². The Balaban J connectivity index is 1.68. The summed E-state index contributed by atoms with van der Waals surface area (Å²) in [5, 5.41) is 0. The number of ether oxygens (including phenoxy) is 3. The third kappa shape index (κ3) is 5.70. The Hall–Kier alpha value is -2.84. The van der Waals surface area contributed by atoms with Gasteiger partial charge in [0.15, 0.2) is 11.5 Å². The smallest absolute Gasteiger partial charge is 0.256 e. The van der Waals surface area contributed by atoms with E-state index in [0.29, 0.717) is 48.9 Å². The van der Waals surface area contributed by atoms with Crippen molar-refractivity contribution >= 4 is 25.6 Å². The molecule has 2 aromatic carbocycles. The lowest BCUT2D eigenvalue weighted by Gasteiger charge is -2.26. The van der Waals surface area contributed by atoms with E-state index in [-0.39, 0.29) is 24.5 Å². The van der Waals surface area contributed by atoms with E-state index in [1.165, 1.54) is 0 Å². The monoisotopic (exact) mass is 496 g/mol. The van der Waals surface area contributed by atoms with Crippen LogP contribution in [0.5, 0.6) is 11.5 Å². The van der Waals surface area contributed by atoms with Crippen LogP contribution in [0.4, 0.5) is 5.69 Å². The number of fused-ring (bicyclic) bond motifs is 2. The number of hydrogen-bond donors (Lipinski definition) is 0. The summed E-state index contributed by atoms with van der Waals surface area (Å²) in [6.07, 6.45) is 0.651. The second kappa shape index (κ2) is 10.4. The van der Waals surface area contributed by atoms with Crippen molar-refractivity contribution in [2.45, 2.75) is 51.7 Å². The topological polar surface area (TPSA) is 68.3 Å². The van der Waals surface area contributed by atoms with Gasteiger partial charge < -0.3 is 19.1 Å². The van der Waals surface area contributed by atoms with Gasteiger partial charge in [-0.3, -0.25) is 14.5 Å². The number of carbonyl (C=O) groups excluding carboxylic acids is 2. The van der Waals surface area contributed by atoms with Crippen molar-refractivity contribution in [3.63, 3.8) is 0 Å². The molecule has 8 heteroatoms. The molecule has 2 aliphatic rings. The highest BCUT2D eigenvalue weighted by molar-refractivity contribution is 6.76. The van der Waals surface area contributed by atoms with Crippen LogP contribution >= 0.6 is 0 Å². The van der Waals surface area contributed by atoms with Crippen LogP contribution in [0.15, 0.2) is 42.5 Å². The summed E-state index contributed by atoms with van der Waals surface area (Å²) < 4.78 is 17.7. The number of carbonyl (C=O) groups is 2. The Morgan fingerprint density at radius 3 is 2.49 bits per heavy atom. The van der Waals surface area contributed by atoms with Crippen molar-refractivity contribution < 1.29 is 23.8 Å². The molecule has 1 saturated heterocycles. The Kier molecular flexibility index (Phi) is 7.52. The summed E-state index contributed by atoms with van der Waals surface area (Å²) in [5.41, 5.74) is 1.96. The quantitative estimate of drug-likeness (QED) is 0.369. The first kappa shape index (κ1) is 25.3. The third-order valence-corrected chi connectivity index (χ3v) is 8.28. The minimum atomic E-state index is -1.28. The standard InChI is InChI=1S/C27H36N2O5Si/c1-19-13-23-27(31)29(18-33-11-12-35(3,4)5)22-15-25(34-17-20-9-7-6-8-10-20)24(32-2)14-21(22)26(30)28(23)16-19/h6-10,14-15,19,23H,11-13,16-18H2,1-5H3/t19-,23+/m1/s1. The zero-order valence-electron chi connectivity index (χ0n) is 21.4. The SMILES string of the molecule is COc1cc2c(cc1OCc1ccccc1)N(COCC[Si](C)(C)C)C(=O)[C@@H]1C[C@@H](C)CN1C2=O. The van der Waals surface area contributed by atoms with Gasteiger partial charge >= 0.3 is 0 Å². The first-order valence-corrected chi connectivity index (χ1v) is 16.0. The highest BCUT2D eigenvalue weighted by Crippen LogP contribution is 2.40. The predicted octanol–water partition coefficient (Wildman–Crippen LogP) is 4.78. The highest BCUT2D eigenvalue weighted by Gasteiger charge is 2.45. The maximum Gasteiger partial charge on any atom is 0.256 e. The summed E-state index contributed by atoms with van der Waals surface area (Å²) in [6.45, 7) is 10.6. The molecule has 4 rings (SSSR count). The molecule has 0 radical (unpaired) electrons. The first-order valence-electron chi connectivity index (χ1n) is 12.3.